The van der Waals surface area contributed by atoms with Crippen LogP contribution >= 0.6 is 0 Å². The van der Waals surface area contributed by atoms with E-state index in [-0.39, 0.29) is 30.0 Å². The molecule has 1 fully saturated rings. The first kappa shape index (κ1) is 20.0. The van der Waals surface area contributed by atoms with Gasteiger partial charge in [0.1, 0.15) is 11.5 Å². The van der Waals surface area contributed by atoms with Gasteiger partial charge in [0.25, 0.3) is 0 Å². The lowest BCUT2D eigenvalue weighted by atomic mass is 10.1. The summed E-state index contributed by atoms with van der Waals surface area (Å²) in [5.74, 6) is 1.92. The number of sulfone groups is 1. The van der Waals surface area contributed by atoms with Gasteiger partial charge in [-0.05, 0) is 31.5 Å². The lowest BCUT2D eigenvalue weighted by molar-refractivity contribution is -0.133. The quantitative estimate of drug-likeness (QED) is 0.686. The Labute approximate surface area is 170 Å². The van der Waals surface area contributed by atoms with Gasteiger partial charge < -0.3 is 9.32 Å². The maximum absolute atomic E-state index is 12.7. The number of carbonyl (C=O) groups is 1. The van der Waals surface area contributed by atoms with Crippen molar-refractivity contribution in [1.29, 1.82) is 0 Å². The summed E-state index contributed by atoms with van der Waals surface area (Å²) in [6, 6.07) is 3.87. The van der Waals surface area contributed by atoms with Crippen molar-refractivity contribution in [2.45, 2.75) is 38.3 Å². The van der Waals surface area contributed by atoms with Crippen molar-refractivity contribution in [3.8, 4) is 0 Å². The molecular weight excluding hydrogens is 392 g/mol. The molecule has 1 amide bonds. The van der Waals surface area contributed by atoms with E-state index in [0.717, 1.165) is 23.4 Å². The van der Waals surface area contributed by atoms with Crippen molar-refractivity contribution >= 4 is 15.7 Å². The third-order valence-corrected chi connectivity index (χ3v) is 7.44. The minimum absolute atomic E-state index is 0.00218. The molecule has 0 bridgehead atoms. The molecule has 1 unspecified atom stereocenters. The van der Waals surface area contributed by atoms with E-state index in [4.69, 9.17) is 4.42 Å². The summed E-state index contributed by atoms with van der Waals surface area (Å²) >= 11 is 0. The Morgan fingerprint density at radius 2 is 2.24 bits per heavy atom. The van der Waals surface area contributed by atoms with Crippen LogP contribution < -0.4 is 0 Å². The van der Waals surface area contributed by atoms with E-state index >= 15 is 0 Å². The van der Waals surface area contributed by atoms with Crippen LogP contribution in [0.2, 0.25) is 0 Å². The smallest absolute Gasteiger partial charge is 0.237 e. The summed E-state index contributed by atoms with van der Waals surface area (Å²) < 4.78 is 29.2. The zero-order chi connectivity index (χ0) is 20.4. The van der Waals surface area contributed by atoms with Gasteiger partial charge in [0.15, 0.2) is 15.7 Å². The van der Waals surface area contributed by atoms with Gasteiger partial charge in [-0.25, -0.2) is 13.4 Å². The van der Waals surface area contributed by atoms with E-state index < -0.39 is 9.84 Å². The van der Waals surface area contributed by atoms with Crippen molar-refractivity contribution in [1.82, 2.24) is 19.8 Å². The summed E-state index contributed by atoms with van der Waals surface area (Å²) in [6.07, 6.45) is 6.36. The number of hydrogen-bond donors (Lipinski definition) is 0. The molecule has 9 heteroatoms. The van der Waals surface area contributed by atoms with Gasteiger partial charge in [-0.2, -0.15) is 0 Å². The number of rotatable bonds is 6. The van der Waals surface area contributed by atoms with Crippen LogP contribution in [0.1, 0.15) is 29.3 Å². The third-order valence-electron chi connectivity index (χ3n) is 5.69. The molecule has 2 aromatic rings. The highest BCUT2D eigenvalue weighted by Gasteiger charge is 2.33. The van der Waals surface area contributed by atoms with Crippen molar-refractivity contribution in [3.05, 3.63) is 47.4 Å². The maximum atomic E-state index is 12.7. The second kappa shape index (κ2) is 8.23. The Hall–Kier alpha value is -2.26. The van der Waals surface area contributed by atoms with E-state index in [1.807, 2.05) is 30.3 Å². The van der Waals surface area contributed by atoms with E-state index in [0.29, 0.717) is 38.2 Å². The Morgan fingerprint density at radius 1 is 1.38 bits per heavy atom. The van der Waals surface area contributed by atoms with Crippen LogP contribution in [-0.2, 0) is 40.4 Å². The van der Waals surface area contributed by atoms with Gasteiger partial charge in [0, 0.05) is 37.8 Å². The molecule has 29 heavy (non-hydrogen) atoms. The first-order valence-corrected chi connectivity index (χ1v) is 11.8. The SMILES string of the molecule is CN(CC(=O)N1CCc2oc(CCc3cccnc3)nc2C1)C1CCS(=O)(=O)C1. The molecule has 4 heterocycles. The second-order valence-electron chi connectivity index (χ2n) is 7.88. The molecule has 1 saturated heterocycles. The number of carbonyl (C=O) groups excluding carboxylic acids is 1. The standard InChI is InChI=1S/C20H26N4O4S/c1-23(16-7-10-29(26,27)14-16)13-20(25)24-9-6-18-17(12-24)22-19(28-18)5-4-15-3-2-8-21-11-15/h2-3,8,11,16H,4-7,9-10,12-14H2,1H3. The number of pyridine rings is 1. The first-order chi connectivity index (χ1) is 13.9. The highest BCUT2D eigenvalue weighted by molar-refractivity contribution is 7.91. The molecule has 4 rings (SSSR count). The highest BCUT2D eigenvalue weighted by Crippen LogP contribution is 2.22. The Kier molecular flexibility index (Phi) is 5.69. The molecule has 8 nitrogen and oxygen atoms in total. The lowest BCUT2D eigenvalue weighted by Gasteiger charge is -2.29. The number of fused-ring (bicyclic) bond motifs is 1. The van der Waals surface area contributed by atoms with E-state index in [2.05, 4.69) is 9.97 Å². The molecule has 0 N–H and O–H groups in total. The van der Waals surface area contributed by atoms with Crippen molar-refractivity contribution in [2.24, 2.45) is 0 Å². The maximum Gasteiger partial charge on any atom is 0.237 e. The average molecular weight is 419 g/mol. The van der Waals surface area contributed by atoms with Gasteiger partial charge in [-0.3, -0.25) is 14.7 Å². The minimum atomic E-state index is -2.96. The predicted octanol–water partition coefficient (Wildman–Crippen LogP) is 0.858. The summed E-state index contributed by atoms with van der Waals surface area (Å²) in [4.78, 5) is 25.1. The van der Waals surface area contributed by atoms with Gasteiger partial charge >= 0.3 is 0 Å². The Bertz CT molecular complexity index is 974. The fourth-order valence-electron chi connectivity index (χ4n) is 3.93. The molecular formula is C20H26N4O4S. The number of nitrogens with zero attached hydrogens (tertiary/aromatic N) is 4. The van der Waals surface area contributed by atoms with Crippen molar-refractivity contribution in [2.75, 3.05) is 31.6 Å². The van der Waals surface area contributed by atoms with Gasteiger partial charge in [0.2, 0.25) is 5.91 Å². The summed E-state index contributed by atoms with van der Waals surface area (Å²) in [5, 5.41) is 0. The number of hydrogen-bond acceptors (Lipinski definition) is 7. The van der Waals surface area contributed by atoms with Crippen molar-refractivity contribution < 1.29 is 17.6 Å². The number of likely N-dealkylation sites (N-methyl/N-ethyl adjacent to an activating group) is 1. The van der Waals surface area contributed by atoms with E-state index in [9.17, 15) is 13.2 Å². The van der Waals surface area contributed by atoms with Crippen LogP contribution in [0.15, 0.2) is 28.9 Å². The predicted molar refractivity (Wildman–Crippen MR) is 107 cm³/mol. The first-order valence-electron chi connectivity index (χ1n) is 9.94. The van der Waals surface area contributed by atoms with Crippen LogP contribution in [0.25, 0.3) is 0 Å². The normalized spacial score (nSPS) is 20.8. The van der Waals surface area contributed by atoms with Crippen LogP contribution in [0, 0.1) is 0 Å². The Morgan fingerprint density at radius 3 is 2.97 bits per heavy atom. The molecule has 0 saturated carbocycles. The largest absolute Gasteiger partial charge is 0.445 e. The molecule has 1 atom stereocenters. The summed E-state index contributed by atoms with van der Waals surface area (Å²) in [7, 11) is -1.13. The number of aryl methyl sites for hydroxylation is 2. The monoisotopic (exact) mass is 418 g/mol. The number of aromatic nitrogens is 2. The Balaban J connectivity index is 1.32. The van der Waals surface area contributed by atoms with Crippen LogP contribution in [0.4, 0.5) is 0 Å². The zero-order valence-corrected chi connectivity index (χ0v) is 17.4. The van der Waals surface area contributed by atoms with Crippen LogP contribution in [0.5, 0.6) is 0 Å². The molecule has 0 aromatic carbocycles. The van der Waals surface area contributed by atoms with E-state index in [1.165, 1.54) is 0 Å². The van der Waals surface area contributed by atoms with Gasteiger partial charge in [0.05, 0.1) is 24.6 Å². The van der Waals surface area contributed by atoms with E-state index in [1.54, 1.807) is 11.1 Å². The summed E-state index contributed by atoms with van der Waals surface area (Å²) in [6.45, 7) is 1.27. The molecule has 2 aromatic heterocycles. The number of oxazole rings is 1. The second-order valence-corrected chi connectivity index (χ2v) is 10.1. The topological polar surface area (TPSA) is 96.6 Å². The molecule has 0 aliphatic carbocycles. The van der Waals surface area contributed by atoms with Gasteiger partial charge in [-0.1, -0.05) is 6.07 Å². The zero-order valence-electron chi connectivity index (χ0n) is 16.6. The highest BCUT2D eigenvalue weighted by atomic mass is 32.2. The lowest BCUT2D eigenvalue weighted by Crippen LogP contribution is -2.44. The summed E-state index contributed by atoms with van der Waals surface area (Å²) in [5.41, 5.74) is 1.97. The number of amides is 1. The molecule has 0 spiro atoms. The molecule has 0 radical (unpaired) electrons. The minimum Gasteiger partial charge on any atom is -0.445 e. The molecule has 156 valence electrons. The van der Waals surface area contributed by atoms with Crippen LogP contribution in [-0.4, -0.2) is 71.8 Å². The fraction of sp³-hybridized carbons (Fsp3) is 0.550. The molecule has 2 aliphatic heterocycles. The third kappa shape index (κ3) is 4.84. The average Bonchev–Trinajstić information content (AvgIpc) is 3.28. The fourth-order valence-corrected chi connectivity index (χ4v) is 5.74. The van der Waals surface area contributed by atoms with Crippen molar-refractivity contribution in [3.63, 3.8) is 0 Å². The van der Waals surface area contributed by atoms with Crippen LogP contribution in [0.3, 0.4) is 0 Å². The molecule has 2 aliphatic rings. The van der Waals surface area contributed by atoms with Gasteiger partial charge in [-0.15, -0.1) is 0 Å².